The largest absolute Gasteiger partial charge is 0.548 e. The van der Waals surface area contributed by atoms with E-state index < -0.39 is 18.0 Å². The summed E-state index contributed by atoms with van der Waals surface area (Å²) >= 11 is 7.22. The highest BCUT2D eigenvalue weighted by atomic mass is 35.5. The summed E-state index contributed by atoms with van der Waals surface area (Å²) in [5.41, 5.74) is 0.531. The van der Waals surface area contributed by atoms with Crippen molar-refractivity contribution in [2.75, 3.05) is 17.3 Å². The van der Waals surface area contributed by atoms with Gasteiger partial charge >= 0.3 is 6.03 Å². The number of nitrogens with one attached hydrogen (secondary N) is 2. The van der Waals surface area contributed by atoms with Crippen molar-refractivity contribution in [3.05, 3.63) is 29.3 Å². The zero-order chi connectivity index (χ0) is 14.3. The van der Waals surface area contributed by atoms with E-state index in [1.807, 2.05) is 6.26 Å². The fraction of sp³-hybridized carbons (Fsp3) is 0.333. The van der Waals surface area contributed by atoms with Crippen molar-refractivity contribution < 1.29 is 14.7 Å². The first-order valence-corrected chi connectivity index (χ1v) is 7.33. The van der Waals surface area contributed by atoms with Crippen molar-refractivity contribution in [3.63, 3.8) is 0 Å². The molecule has 0 bridgehead atoms. The van der Waals surface area contributed by atoms with Gasteiger partial charge in [0.05, 0.1) is 12.0 Å². The van der Waals surface area contributed by atoms with Gasteiger partial charge in [-0.3, -0.25) is 0 Å². The van der Waals surface area contributed by atoms with E-state index in [1.54, 1.807) is 24.3 Å². The number of carbonyl (C=O) groups excluding carboxylic acids is 2. The normalized spacial score (nSPS) is 11.7. The number of amides is 2. The molecule has 1 aromatic carbocycles. The molecule has 1 atom stereocenters. The molecule has 0 heterocycles. The Balaban J connectivity index is 2.52. The van der Waals surface area contributed by atoms with Gasteiger partial charge in [0.15, 0.2) is 0 Å². The van der Waals surface area contributed by atoms with E-state index >= 15 is 0 Å². The van der Waals surface area contributed by atoms with Gasteiger partial charge in [0, 0.05) is 10.7 Å². The Bertz CT molecular complexity index is 439. The van der Waals surface area contributed by atoms with Gasteiger partial charge in [0.2, 0.25) is 0 Å². The molecule has 0 spiro atoms. The molecule has 0 aliphatic rings. The van der Waals surface area contributed by atoms with Gasteiger partial charge in [0.25, 0.3) is 0 Å². The highest BCUT2D eigenvalue weighted by molar-refractivity contribution is 7.98. The number of carboxylic acids is 1. The van der Waals surface area contributed by atoms with Crippen LogP contribution in [0.2, 0.25) is 5.02 Å². The molecule has 5 nitrogen and oxygen atoms in total. The second-order valence-electron chi connectivity index (χ2n) is 3.76. The van der Waals surface area contributed by atoms with Crippen molar-refractivity contribution >= 4 is 41.1 Å². The lowest BCUT2D eigenvalue weighted by atomic mass is 10.2. The van der Waals surface area contributed by atoms with Crippen LogP contribution in [0.25, 0.3) is 0 Å². The standard InChI is InChI=1S/C12H15ClN2O3S/c1-19-7-6-10(11(16)17)15-12(18)14-9-4-2-8(13)3-5-9/h2-5,10H,6-7H2,1H3,(H,16,17)(H2,14,15,18)/p-1/t10-/m0/s1. The number of hydrogen-bond donors (Lipinski definition) is 2. The molecular formula is C12H14ClN2O3S-. The Hall–Kier alpha value is -1.40. The summed E-state index contributed by atoms with van der Waals surface area (Å²) in [7, 11) is 0. The monoisotopic (exact) mass is 301 g/mol. The van der Waals surface area contributed by atoms with Crippen LogP contribution < -0.4 is 15.7 Å². The van der Waals surface area contributed by atoms with Crippen molar-refractivity contribution in [3.8, 4) is 0 Å². The van der Waals surface area contributed by atoms with Crippen LogP contribution in [0.3, 0.4) is 0 Å². The predicted octanol–water partition coefficient (Wildman–Crippen LogP) is 1.33. The number of aliphatic carboxylic acids is 1. The van der Waals surface area contributed by atoms with Gasteiger partial charge in [-0.25, -0.2) is 4.79 Å². The number of anilines is 1. The molecule has 0 saturated carbocycles. The fourth-order valence-electron chi connectivity index (χ4n) is 1.34. The SMILES string of the molecule is CSCC[C@H](NC(=O)Nc1ccc(Cl)cc1)C(=O)[O-]. The van der Waals surface area contributed by atoms with Crippen molar-refractivity contribution in [1.29, 1.82) is 0 Å². The topological polar surface area (TPSA) is 81.3 Å². The van der Waals surface area contributed by atoms with Crippen molar-refractivity contribution in [1.82, 2.24) is 5.32 Å². The summed E-state index contributed by atoms with van der Waals surface area (Å²) < 4.78 is 0. The molecule has 7 heteroatoms. The predicted molar refractivity (Wildman–Crippen MR) is 75.4 cm³/mol. The molecule has 0 unspecified atom stereocenters. The number of carboxylic acid groups (broad SMARTS) is 1. The second-order valence-corrected chi connectivity index (χ2v) is 5.18. The van der Waals surface area contributed by atoms with E-state index in [0.29, 0.717) is 22.9 Å². The Labute approximate surface area is 120 Å². The minimum Gasteiger partial charge on any atom is -0.548 e. The van der Waals surface area contributed by atoms with E-state index in [2.05, 4.69) is 10.6 Å². The van der Waals surface area contributed by atoms with E-state index in [4.69, 9.17) is 11.6 Å². The zero-order valence-electron chi connectivity index (χ0n) is 10.3. The number of urea groups is 1. The maximum absolute atomic E-state index is 11.6. The molecule has 0 fully saturated rings. The summed E-state index contributed by atoms with van der Waals surface area (Å²) in [4.78, 5) is 22.5. The minimum atomic E-state index is -1.29. The molecule has 0 saturated heterocycles. The first-order chi connectivity index (χ1) is 9.02. The number of carbonyl (C=O) groups is 2. The maximum atomic E-state index is 11.6. The molecule has 104 valence electrons. The van der Waals surface area contributed by atoms with Crippen LogP contribution in [0, 0.1) is 0 Å². The highest BCUT2D eigenvalue weighted by Gasteiger charge is 2.12. The number of hydrogen-bond acceptors (Lipinski definition) is 4. The van der Waals surface area contributed by atoms with Gasteiger partial charge < -0.3 is 20.5 Å². The Morgan fingerprint density at radius 1 is 1.37 bits per heavy atom. The molecular weight excluding hydrogens is 288 g/mol. The molecule has 19 heavy (non-hydrogen) atoms. The lowest BCUT2D eigenvalue weighted by molar-refractivity contribution is -0.308. The quantitative estimate of drug-likeness (QED) is 0.830. The highest BCUT2D eigenvalue weighted by Crippen LogP contribution is 2.13. The second kappa shape index (κ2) is 7.91. The summed E-state index contributed by atoms with van der Waals surface area (Å²) in [6.07, 6.45) is 2.18. The molecule has 2 amide bonds. The third kappa shape index (κ3) is 5.85. The molecule has 0 aromatic heterocycles. The van der Waals surface area contributed by atoms with E-state index in [1.165, 1.54) is 11.8 Å². The molecule has 1 rings (SSSR count). The number of benzene rings is 1. The maximum Gasteiger partial charge on any atom is 0.319 e. The summed E-state index contributed by atoms with van der Waals surface area (Å²) in [6.45, 7) is 0. The van der Waals surface area contributed by atoms with Crippen LogP contribution in [0.5, 0.6) is 0 Å². The van der Waals surface area contributed by atoms with Gasteiger partial charge in [0.1, 0.15) is 0 Å². The minimum absolute atomic E-state index is 0.317. The lowest BCUT2D eigenvalue weighted by Crippen LogP contribution is -2.49. The molecule has 0 aliphatic carbocycles. The van der Waals surface area contributed by atoms with E-state index in [-0.39, 0.29) is 0 Å². The summed E-state index contributed by atoms with van der Waals surface area (Å²) in [5.74, 6) is -0.667. The van der Waals surface area contributed by atoms with E-state index in [9.17, 15) is 14.7 Å². The van der Waals surface area contributed by atoms with Crippen LogP contribution in [-0.2, 0) is 4.79 Å². The Morgan fingerprint density at radius 2 is 2.00 bits per heavy atom. The summed E-state index contributed by atoms with van der Waals surface area (Å²) in [5, 5.41) is 16.3. The molecule has 2 N–H and O–H groups in total. The molecule has 0 radical (unpaired) electrons. The lowest BCUT2D eigenvalue weighted by Gasteiger charge is -2.19. The smallest absolute Gasteiger partial charge is 0.319 e. The number of rotatable bonds is 6. The summed E-state index contributed by atoms with van der Waals surface area (Å²) in [6, 6.07) is 4.91. The molecule has 1 aromatic rings. The van der Waals surface area contributed by atoms with Crippen molar-refractivity contribution in [2.45, 2.75) is 12.5 Å². The Morgan fingerprint density at radius 3 is 2.53 bits per heavy atom. The number of halogens is 1. The fourth-order valence-corrected chi connectivity index (χ4v) is 1.94. The third-order valence-electron chi connectivity index (χ3n) is 2.30. The third-order valence-corrected chi connectivity index (χ3v) is 3.20. The van der Waals surface area contributed by atoms with Gasteiger partial charge in [-0.15, -0.1) is 0 Å². The zero-order valence-corrected chi connectivity index (χ0v) is 11.9. The average molecular weight is 302 g/mol. The van der Waals surface area contributed by atoms with Crippen LogP contribution in [0.1, 0.15) is 6.42 Å². The number of thioether (sulfide) groups is 1. The van der Waals surface area contributed by atoms with Gasteiger partial charge in [-0.1, -0.05) is 11.6 Å². The first-order valence-electron chi connectivity index (χ1n) is 5.56. The van der Waals surface area contributed by atoms with Gasteiger partial charge in [-0.2, -0.15) is 11.8 Å². The molecule has 0 aliphatic heterocycles. The van der Waals surface area contributed by atoms with Crippen LogP contribution in [0.4, 0.5) is 10.5 Å². The van der Waals surface area contributed by atoms with Crippen LogP contribution >= 0.6 is 23.4 Å². The first kappa shape index (κ1) is 15.7. The van der Waals surface area contributed by atoms with Crippen LogP contribution in [-0.4, -0.2) is 30.1 Å². The Kier molecular flexibility index (Phi) is 6.52. The van der Waals surface area contributed by atoms with E-state index in [0.717, 1.165) is 0 Å². The van der Waals surface area contributed by atoms with Crippen LogP contribution in [0.15, 0.2) is 24.3 Å². The van der Waals surface area contributed by atoms with Crippen molar-refractivity contribution in [2.24, 2.45) is 0 Å². The van der Waals surface area contributed by atoms with Gasteiger partial charge in [-0.05, 0) is 42.7 Å². The average Bonchev–Trinajstić information content (AvgIpc) is 2.37.